The van der Waals surface area contributed by atoms with Gasteiger partial charge in [-0.15, -0.1) is 9.58 Å². The van der Waals surface area contributed by atoms with Crippen molar-refractivity contribution in [3.05, 3.63) is 41.4 Å². The largest absolute Gasteiger partial charge is 0.327 e. The predicted molar refractivity (Wildman–Crippen MR) is 85.7 cm³/mol. The van der Waals surface area contributed by atoms with Gasteiger partial charge in [-0.2, -0.15) is 0 Å². The summed E-state index contributed by atoms with van der Waals surface area (Å²) in [5.74, 6) is 5.55. The summed E-state index contributed by atoms with van der Waals surface area (Å²) in [5, 5.41) is 6.47. The van der Waals surface area contributed by atoms with Crippen molar-refractivity contribution in [3.63, 3.8) is 0 Å². The summed E-state index contributed by atoms with van der Waals surface area (Å²) >= 11 is 1.42. The third-order valence-electron chi connectivity index (χ3n) is 3.42. The van der Waals surface area contributed by atoms with E-state index >= 15 is 0 Å². The number of nitrogens with zero attached hydrogens (tertiary/aromatic N) is 2. The molecule has 5 heteroatoms. The van der Waals surface area contributed by atoms with Crippen LogP contribution in [0.2, 0.25) is 0 Å². The van der Waals surface area contributed by atoms with E-state index in [1.807, 2.05) is 35.7 Å². The smallest absolute Gasteiger partial charge is 0.317 e. The lowest BCUT2D eigenvalue weighted by Gasteiger charge is -2.36. The maximum absolute atomic E-state index is 12.6. The van der Waals surface area contributed by atoms with Gasteiger partial charge in [0, 0.05) is 23.0 Å². The Labute approximate surface area is 123 Å². The summed E-state index contributed by atoms with van der Waals surface area (Å²) in [6, 6.07) is 9.67. The van der Waals surface area contributed by atoms with Crippen molar-refractivity contribution in [1.29, 1.82) is 0 Å². The Kier molecular flexibility index (Phi) is 3.75. The minimum absolute atomic E-state index is 0.00780. The number of hydrogen-bond acceptors (Lipinski definition) is 4. The summed E-state index contributed by atoms with van der Waals surface area (Å²) < 4.78 is -0.00843. The molecule has 106 valence electrons. The molecule has 2 N–H and O–H groups in total. The summed E-state index contributed by atoms with van der Waals surface area (Å²) in [4.78, 5) is 12.6. The van der Waals surface area contributed by atoms with E-state index in [9.17, 15) is 4.79 Å². The van der Waals surface area contributed by atoms with Crippen LogP contribution in [0.1, 0.15) is 27.7 Å². The molecule has 1 aliphatic rings. The highest BCUT2D eigenvalue weighted by Crippen LogP contribution is 2.47. The van der Waals surface area contributed by atoms with Crippen molar-refractivity contribution in [2.45, 2.75) is 27.7 Å². The fourth-order valence-electron chi connectivity index (χ4n) is 2.55. The van der Waals surface area contributed by atoms with Gasteiger partial charge in [0.2, 0.25) is 0 Å². The first-order valence-electron chi connectivity index (χ1n) is 6.47. The normalized spacial score (nSPS) is 24.8. The third-order valence-corrected chi connectivity index (χ3v) is 4.35. The summed E-state index contributed by atoms with van der Waals surface area (Å²) in [5.41, 5.74) is 1.70. The van der Waals surface area contributed by atoms with Crippen LogP contribution in [-0.2, 0) is 4.79 Å². The lowest BCUT2D eigenvalue weighted by Crippen LogP contribution is -2.56. The average Bonchev–Trinajstić information content (AvgIpc) is 2.79. The van der Waals surface area contributed by atoms with Crippen molar-refractivity contribution in [2.24, 2.45) is 16.4 Å². The van der Waals surface area contributed by atoms with Gasteiger partial charge in [-0.1, -0.05) is 39.0 Å². The highest BCUT2D eigenvalue weighted by molar-refractivity contribution is 8.16. The number of allylic oxidation sites excluding steroid dienone is 1. The minimum atomic E-state index is -0.166. The summed E-state index contributed by atoms with van der Waals surface area (Å²) in [7, 11) is 0. The van der Waals surface area contributed by atoms with Gasteiger partial charge in [0.05, 0.1) is 6.92 Å². The molecule has 0 spiro atoms. The Bertz CT molecular complexity index is 587. The maximum atomic E-state index is 12.6. The van der Waals surface area contributed by atoms with Crippen LogP contribution < -0.4 is 10.3 Å². The van der Waals surface area contributed by atoms with E-state index in [0.717, 1.165) is 11.4 Å². The molecule has 0 bridgehead atoms. The fourth-order valence-corrected chi connectivity index (χ4v) is 3.83. The number of nitrogens with two attached hydrogens (primary N) is 1. The van der Waals surface area contributed by atoms with E-state index in [1.165, 1.54) is 11.8 Å². The first-order valence-corrected chi connectivity index (χ1v) is 7.35. The number of hydrazone groups is 1. The molecule has 1 atom stereocenters. The number of para-hydroxylation sites is 1. The van der Waals surface area contributed by atoms with Crippen molar-refractivity contribution in [1.82, 2.24) is 4.48 Å². The van der Waals surface area contributed by atoms with Crippen molar-refractivity contribution in [2.75, 3.05) is 0 Å². The number of rotatable bonds is 1. The van der Waals surface area contributed by atoms with Gasteiger partial charge < -0.3 is 5.84 Å². The molecule has 20 heavy (non-hydrogen) atoms. The molecule has 0 saturated carbocycles. The zero-order valence-electron chi connectivity index (χ0n) is 12.3. The second-order valence-electron chi connectivity index (χ2n) is 5.81. The molecule has 2 rings (SSSR count). The number of quaternary nitrogens is 1. The third kappa shape index (κ3) is 2.07. The van der Waals surface area contributed by atoms with Crippen LogP contribution in [0, 0.1) is 5.41 Å². The molecular formula is C15H20N3OS+. The molecule has 0 aliphatic carbocycles. The van der Waals surface area contributed by atoms with E-state index in [-0.39, 0.29) is 15.8 Å². The molecule has 1 heterocycles. The lowest BCUT2D eigenvalue weighted by atomic mass is 9.90. The molecule has 1 unspecified atom stereocenters. The maximum Gasteiger partial charge on any atom is 0.327 e. The molecule has 0 radical (unpaired) electrons. The monoisotopic (exact) mass is 290 g/mol. The molecule has 0 saturated heterocycles. The predicted octanol–water partition coefficient (Wildman–Crippen LogP) is 3.40. The van der Waals surface area contributed by atoms with Gasteiger partial charge in [0.1, 0.15) is 5.70 Å². The first-order chi connectivity index (χ1) is 9.35. The van der Waals surface area contributed by atoms with E-state index in [0.29, 0.717) is 5.17 Å². The van der Waals surface area contributed by atoms with Gasteiger partial charge >= 0.3 is 11.1 Å². The molecule has 4 nitrogen and oxygen atoms in total. The van der Waals surface area contributed by atoms with Gasteiger partial charge in [-0.05, 0) is 11.8 Å². The van der Waals surface area contributed by atoms with Crippen LogP contribution in [0.15, 0.2) is 46.5 Å². The van der Waals surface area contributed by atoms with Gasteiger partial charge in [-0.3, -0.25) is 0 Å². The average molecular weight is 290 g/mol. The Hall–Kier alpha value is -1.59. The van der Waals surface area contributed by atoms with Crippen molar-refractivity contribution < 1.29 is 4.79 Å². The van der Waals surface area contributed by atoms with Gasteiger partial charge in [0.15, 0.2) is 5.69 Å². The molecule has 1 aliphatic heterocycles. The van der Waals surface area contributed by atoms with Crippen molar-refractivity contribution >= 4 is 28.5 Å². The molecule has 1 amide bonds. The standard InChI is InChI=1S/C15H20N3OS/c1-11(19)18(12-8-6-5-7-9-12)13(15(2,3)4)10-20-14(18)17-16/h5-10H,16H2,1-4H3/q+1. The molecule has 1 aromatic carbocycles. The molecule has 1 aromatic rings. The number of carbonyl (C=O) groups is 1. The Balaban J connectivity index is 2.77. The van der Waals surface area contributed by atoms with Gasteiger partial charge in [-0.25, -0.2) is 4.79 Å². The number of hydrogen-bond donors (Lipinski definition) is 1. The number of benzene rings is 1. The van der Waals surface area contributed by atoms with E-state index in [4.69, 9.17) is 5.84 Å². The quantitative estimate of drug-likeness (QED) is 0.490. The zero-order chi connectivity index (χ0) is 15.0. The Morgan fingerprint density at radius 1 is 1.25 bits per heavy atom. The highest BCUT2D eigenvalue weighted by Gasteiger charge is 2.54. The van der Waals surface area contributed by atoms with Crippen LogP contribution in [0.25, 0.3) is 0 Å². The van der Waals surface area contributed by atoms with Crippen LogP contribution in [0.3, 0.4) is 0 Å². The highest BCUT2D eigenvalue weighted by atomic mass is 32.2. The number of amidine groups is 1. The second kappa shape index (κ2) is 5.07. The Morgan fingerprint density at radius 2 is 1.85 bits per heavy atom. The molecule has 0 fully saturated rings. The fraction of sp³-hybridized carbons (Fsp3) is 0.333. The Morgan fingerprint density at radius 3 is 2.30 bits per heavy atom. The molecule has 0 aromatic heterocycles. The zero-order valence-corrected chi connectivity index (χ0v) is 13.1. The topological polar surface area (TPSA) is 55.5 Å². The number of amides is 1. The van der Waals surface area contributed by atoms with Gasteiger partial charge in [0.25, 0.3) is 0 Å². The minimum Gasteiger partial charge on any atom is -0.317 e. The van der Waals surface area contributed by atoms with E-state index in [1.54, 1.807) is 6.92 Å². The molecular weight excluding hydrogens is 270 g/mol. The summed E-state index contributed by atoms with van der Waals surface area (Å²) in [6.45, 7) is 7.87. The summed E-state index contributed by atoms with van der Waals surface area (Å²) in [6.07, 6.45) is 0. The van der Waals surface area contributed by atoms with Crippen molar-refractivity contribution in [3.8, 4) is 0 Å². The number of carbonyl (C=O) groups excluding carboxylic acids is 1. The second-order valence-corrected chi connectivity index (χ2v) is 6.64. The van der Waals surface area contributed by atoms with E-state index in [2.05, 4.69) is 25.9 Å². The van der Waals surface area contributed by atoms with E-state index < -0.39 is 0 Å². The van der Waals surface area contributed by atoms with Crippen LogP contribution >= 0.6 is 11.8 Å². The first kappa shape index (κ1) is 14.8. The van der Waals surface area contributed by atoms with Crippen LogP contribution in [-0.4, -0.2) is 11.1 Å². The van der Waals surface area contributed by atoms with Crippen LogP contribution in [0.5, 0.6) is 0 Å². The van der Waals surface area contributed by atoms with Crippen LogP contribution in [0.4, 0.5) is 5.69 Å². The number of thioether (sulfide) groups is 1. The SMILES string of the molecule is CC(=O)[N+]1(c2ccccc2)C(C(C)(C)C)=CSC1=NN. The lowest BCUT2D eigenvalue weighted by molar-refractivity contribution is -0.123.